The number of nitrogens with zero attached hydrogens (tertiary/aromatic N) is 2. The van der Waals surface area contributed by atoms with Crippen molar-refractivity contribution in [3.63, 3.8) is 0 Å². The van der Waals surface area contributed by atoms with Gasteiger partial charge in [-0.1, -0.05) is 60.1 Å². The van der Waals surface area contributed by atoms with Gasteiger partial charge in [-0.2, -0.15) is 5.10 Å². The Morgan fingerprint density at radius 2 is 1.87 bits per heavy atom. The number of anilines is 1. The van der Waals surface area contributed by atoms with E-state index in [0.717, 1.165) is 5.56 Å². The van der Waals surface area contributed by atoms with Crippen molar-refractivity contribution in [2.75, 3.05) is 5.32 Å². The lowest BCUT2D eigenvalue weighted by atomic mass is 10.1. The number of hydrogen-bond donors (Lipinski definition) is 1. The molecule has 0 spiro atoms. The molecule has 0 aliphatic heterocycles. The summed E-state index contributed by atoms with van der Waals surface area (Å²) in [5, 5.41) is 7.82. The highest BCUT2D eigenvalue weighted by molar-refractivity contribution is 6.32. The Morgan fingerprint density at radius 3 is 2.71 bits per heavy atom. The van der Waals surface area contributed by atoms with Crippen LogP contribution in [-0.2, 0) is 13.2 Å². The van der Waals surface area contributed by atoms with Crippen LogP contribution in [0.4, 0.5) is 5.69 Å². The second-order valence-electron chi connectivity index (χ2n) is 7.23. The number of hydrogen-bond acceptors (Lipinski definition) is 3. The van der Waals surface area contributed by atoms with Gasteiger partial charge in [0.2, 0.25) is 0 Å². The number of halogens is 1. The zero-order valence-corrected chi connectivity index (χ0v) is 17.8. The molecule has 3 aromatic carbocycles. The summed E-state index contributed by atoms with van der Waals surface area (Å²) in [5.41, 5.74) is 4.47. The van der Waals surface area contributed by atoms with Gasteiger partial charge in [-0.15, -0.1) is 0 Å². The number of ether oxygens (including phenoxy) is 1. The first-order valence-corrected chi connectivity index (χ1v) is 10.3. The molecule has 0 aliphatic rings. The first kappa shape index (κ1) is 20.7. The lowest BCUT2D eigenvalue weighted by Gasteiger charge is -2.09. The van der Waals surface area contributed by atoms with Crippen LogP contribution in [0.3, 0.4) is 0 Å². The molecule has 0 saturated carbocycles. The molecule has 0 unspecified atom stereocenters. The van der Waals surface area contributed by atoms with E-state index in [1.807, 2.05) is 59.4 Å². The van der Waals surface area contributed by atoms with E-state index in [-0.39, 0.29) is 5.91 Å². The molecular weight excluding hydrogens is 410 g/mol. The van der Waals surface area contributed by atoms with Gasteiger partial charge in [0.25, 0.3) is 5.91 Å². The number of carbonyl (C=O) groups is 1. The molecule has 31 heavy (non-hydrogen) atoms. The SMILES string of the molecule is Cc1ccccc1Cn1cc(NC(=O)c2cccc(COc3ccccc3Cl)c2)cn1. The highest BCUT2D eigenvalue weighted by atomic mass is 35.5. The minimum Gasteiger partial charge on any atom is -0.487 e. The van der Waals surface area contributed by atoms with Crippen molar-refractivity contribution in [1.82, 2.24) is 9.78 Å². The van der Waals surface area contributed by atoms with Gasteiger partial charge in [-0.25, -0.2) is 0 Å². The fourth-order valence-electron chi connectivity index (χ4n) is 3.21. The van der Waals surface area contributed by atoms with Crippen molar-refractivity contribution in [3.8, 4) is 5.75 Å². The Bertz CT molecular complexity index is 1200. The van der Waals surface area contributed by atoms with Crippen LogP contribution >= 0.6 is 11.6 Å². The Balaban J connectivity index is 1.39. The van der Waals surface area contributed by atoms with Gasteiger partial charge in [0.15, 0.2) is 0 Å². The first-order chi connectivity index (χ1) is 15.1. The molecule has 0 radical (unpaired) electrons. The zero-order chi connectivity index (χ0) is 21.6. The zero-order valence-electron chi connectivity index (χ0n) is 17.1. The molecule has 0 fully saturated rings. The van der Waals surface area contributed by atoms with Gasteiger partial charge >= 0.3 is 0 Å². The number of rotatable bonds is 7. The summed E-state index contributed by atoms with van der Waals surface area (Å²) in [4.78, 5) is 12.7. The number of benzene rings is 3. The molecule has 1 amide bonds. The van der Waals surface area contributed by atoms with E-state index < -0.39 is 0 Å². The van der Waals surface area contributed by atoms with Gasteiger partial charge < -0.3 is 10.1 Å². The van der Waals surface area contributed by atoms with Crippen molar-refractivity contribution in [3.05, 3.63) is 112 Å². The standard InChI is InChI=1S/C25H22ClN3O2/c1-18-7-2-3-9-21(18)15-29-16-22(14-27-29)28-25(30)20-10-6-8-19(13-20)17-31-24-12-5-4-11-23(24)26/h2-14,16H,15,17H2,1H3,(H,28,30). The molecule has 5 nitrogen and oxygen atoms in total. The Hall–Kier alpha value is -3.57. The lowest BCUT2D eigenvalue weighted by Crippen LogP contribution is -2.12. The summed E-state index contributed by atoms with van der Waals surface area (Å²) < 4.78 is 7.58. The largest absolute Gasteiger partial charge is 0.487 e. The predicted molar refractivity (Wildman–Crippen MR) is 123 cm³/mol. The number of aromatic nitrogens is 2. The average molecular weight is 432 g/mol. The maximum absolute atomic E-state index is 12.7. The van der Waals surface area contributed by atoms with E-state index in [9.17, 15) is 4.79 Å². The van der Waals surface area contributed by atoms with Crippen LogP contribution in [0.1, 0.15) is 27.0 Å². The topological polar surface area (TPSA) is 56.2 Å². The normalized spacial score (nSPS) is 10.6. The maximum atomic E-state index is 12.7. The van der Waals surface area contributed by atoms with Crippen LogP contribution in [0.15, 0.2) is 85.2 Å². The van der Waals surface area contributed by atoms with Crippen molar-refractivity contribution in [2.24, 2.45) is 0 Å². The fourth-order valence-corrected chi connectivity index (χ4v) is 3.40. The molecule has 0 bridgehead atoms. The van der Waals surface area contributed by atoms with Gasteiger partial charge in [0.1, 0.15) is 12.4 Å². The first-order valence-electron chi connectivity index (χ1n) is 9.93. The molecule has 0 atom stereocenters. The molecule has 1 heterocycles. The second kappa shape index (κ2) is 9.49. The quantitative estimate of drug-likeness (QED) is 0.407. The maximum Gasteiger partial charge on any atom is 0.255 e. The van der Waals surface area contributed by atoms with E-state index in [0.29, 0.717) is 35.2 Å². The van der Waals surface area contributed by atoms with Crippen LogP contribution in [0.5, 0.6) is 5.75 Å². The number of aryl methyl sites for hydroxylation is 1. The predicted octanol–water partition coefficient (Wildman–Crippen LogP) is 5.72. The molecule has 4 aromatic rings. The van der Waals surface area contributed by atoms with E-state index in [2.05, 4.69) is 29.5 Å². The summed E-state index contributed by atoms with van der Waals surface area (Å²) in [5.74, 6) is 0.412. The molecule has 1 aromatic heterocycles. The van der Waals surface area contributed by atoms with Crippen molar-refractivity contribution >= 4 is 23.2 Å². The van der Waals surface area contributed by atoms with Crippen LogP contribution in [0, 0.1) is 6.92 Å². The molecule has 0 aliphatic carbocycles. The van der Waals surface area contributed by atoms with Gasteiger partial charge in [-0.05, 0) is 47.9 Å². The van der Waals surface area contributed by atoms with Gasteiger partial charge in [-0.3, -0.25) is 9.48 Å². The highest BCUT2D eigenvalue weighted by Gasteiger charge is 2.10. The molecule has 4 rings (SSSR count). The van der Waals surface area contributed by atoms with Gasteiger partial charge in [0.05, 0.1) is 23.5 Å². The average Bonchev–Trinajstić information content (AvgIpc) is 3.22. The second-order valence-corrected chi connectivity index (χ2v) is 7.63. The summed E-state index contributed by atoms with van der Waals surface area (Å²) in [6.45, 7) is 3.04. The third-order valence-electron chi connectivity index (χ3n) is 4.90. The van der Waals surface area contributed by atoms with E-state index in [1.165, 1.54) is 11.1 Å². The summed E-state index contributed by atoms with van der Waals surface area (Å²) in [7, 11) is 0. The van der Waals surface area contributed by atoms with Crippen LogP contribution < -0.4 is 10.1 Å². The smallest absolute Gasteiger partial charge is 0.255 e. The number of para-hydroxylation sites is 1. The van der Waals surface area contributed by atoms with Crippen molar-refractivity contribution in [2.45, 2.75) is 20.1 Å². The van der Waals surface area contributed by atoms with Crippen molar-refractivity contribution in [1.29, 1.82) is 0 Å². The van der Waals surface area contributed by atoms with Crippen LogP contribution in [0.25, 0.3) is 0 Å². The summed E-state index contributed by atoms with van der Waals surface area (Å²) in [6.07, 6.45) is 3.48. The van der Waals surface area contributed by atoms with Crippen LogP contribution in [-0.4, -0.2) is 15.7 Å². The molecule has 6 heteroatoms. The highest BCUT2D eigenvalue weighted by Crippen LogP contribution is 2.24. The minimum atomic E-state index is -0.199. The van der Waals surface area contributed by atoms with E-state index in [1.54, 1.807) is 18.3 Å². The third-order valence-corrected chi connectivity index (χ3v) is 5.22. The molecular formula is C25H22ClN3O2. The fraction of sp³-hybridized carbons (Fsp3) is 0.120. The lowest BCUT2D eigenvalue weighted by molar-refractivity contribution is 0.102. The monoisotopic (exact) mass is 431 g/mol. The number of nitrogens with one attached hydrogen (secondary N) is 1. The Labute approximate surface area is 186 Å². The minimum absolute atomic E-state index is 0.199. The van der Waals surface area contributed by atoms with Gasteiger partial charge in [0, 0.05) is 11.8 Å². The Kier molecular flexibility index (Phi) is 6.34. The number of carbonyl (C=O) groups excluding carboxylic acids is 1. The van der Waals surface area contributed by atoms with E-state index >= 15 is 0 Å². The number of amides is 1. The summed E-state index contributed by atoms with van der Waals surface area (Å²) >= 11 is 6.13. The van der Waals surface area contributed by atoms with E-state index in [4.69, 9.17) is 16.3 Å². The Morgan fingerprint density at radius 1 is 1.06 bits per heavy atom. The molecule has 0 saturated heterocycles. The third kappa shape index (κ3) is 5.32. The molecule has 156 valence electrons. The summed E-state index contributed by atoms with van der Waals surface area (Å²) in [6, 6.07) is 22.8. The molecule has 1 N–H and O–H groups in total. The van der Waals surface area contributed by atoms with Crippen molar-refractivity contribution < 1.29 is 9.53 Å². The van der Waals surface area contributed by atoms with Crippen LogP contribution in [0.2, 0.25) is 5.02 Å².